The molecule has 1 saturated carbocycles. The average Bonchev–Trinajstić information content (AvgIpc) is 3.16. The van der Waals surface area contributed by atoms with Crippen molar-refractivity contribution in [2.75, 3.05) is 11.9 Å². The van der Waals surface area contributed by atoms with Crippen LogP contribution in [0, 0.1) is 5.92 Å². The van der Waals surface area contributed by atoms with Crippen LogP contribution in [0.2, 0.25) is 5.02 Å². The van der Waals surface area contributed by atoms with Crippen molar-refractivity contribution < 1.29 is 0 Å². The summed E-state index contributed by atoms with van der Waals surface area (Å²) in [6, 6.07) is 8.24. The summed E-state index contributed by atoms with van der Waals surface area (Å²) < 4.78 is 2.08. The molecule has 1 unspecified atom stereocenters. The maximum absolute atomic E-state index is 6.03. The van der Waals surface area contributed by atoms with Crippen LogP contribution in [0.15, 0.2) is 24.3 Å². The van der Waals surface area contributed by atoms with Crippen molar-refractivity contribution in [3.05, 3.63) is 29.3 Å². The van der Waals surface area contributed by atoms with E-state index in [2.05, 4.69) is 20.1 Å². The van der Waals surface area contributed by atoms with E-state index in [0.717, 1.165) is 41.2 Å². The topological polar surface area (TPSA) is 42.7 Å². The molecule has 98 valence electrons. The van der Waals surface area contributed by atoms with Gasteiger partial charge in [-0.1, -0.05) is 23.7 Å². The summed E-state index contributed by atoms with van der Waals surface area (Å²) in [6.45, 7) is 0.995. The van der Waals surface area contributed by atoms with Gasteiger partial charge in [0.15, 0.2) is 5.82 Å². The molecule has 19 heavy (non-hydrogen) atoms. The maximum atomic E-state index is 6.03. The Bertz CT molecular complexity index is 618. The number of nitrogens with one attached hydrogen (secondary N) is 1. The summed E-state index contributed by atoms with van der Waals surface area (Å²) >= 11 is 6.03. The van der Waals surface area contributed by atoms with Gasteiger partial charge in [-0.2, -0.15) is 4.98 Å². The third kappa shape index (κ3) is 2.00. The van der Waals surface area contributed by atoms with E-state index in [1.165, 1.54) is 12.8 Å². The van der Waals surface area contributed by atoms with Gasteiger partial charge in [0.1, 0.15) is 0 Å². The highest BCUT2D eigenvalue weighted by Crippen LogP contribution is 2.43. The van der Waals surface area contributed by atoms with E-state index in [-0.39, 0.29) is 0 Å². The van der Waals surface area contributed by atoms with Gasteiger partial charge in [0.2, 0.25) is 5.95 Å². The SMILES string of the molecule is Clc1cccc(-c2nc3n(n2)C(C2CC2)CCN3)c1. The molecule has 4 nitrogen and oxygen atoms in total. The van der Waals surface area contributed by atoms with Crippen molar-refractivity contribution in [3.63, 3.8) is 0 Å². The van der Waals surface area contributed by atoms with Gasteiger partial charge in [0.25, 0.3) is 0 Å². The Hall–Kier alpha value is -1.55. The summed E-state index contributed by atoms with van der Waals surface area (Å²) in [5.74, 6) is 2.46. The van der Waals surface area contributed by atoms with E-state index in [9.17, 15) is 0 Å². The van der Waals surface area contributed by atoms with Crippen LogP contribution in [-0.2, 0) is 0 Å². The van der Waals surface area contributed by atoms with Gasteiger partial charge in [-0.3, -0.25) is 0 Å². The summed E-state index contributed by atoms with van der Waals surface area (Å²) in [4.78, 5) is 4.60. The fourth-order valence-corrected chi connectivity index (χ4v) is 2.99. The molecule has 1 fully saturated rings. The molecule has 1 aliphatic carbocycles. The normalized spacial score (nSPS) is 21.8. The van der Waals surface area contributed by atoms with E-state index in [4.69, 9.17) is 11.6 Å². The van der Waals surface area contributed by atoms with E-state index in [1.807, 2.05) is 24.3 Å². The van der Waals surface area contributed by atoms with Crippen LogP contribution in [0.1, 0.15) is 25.3 Å². The first-order valence-corrected chi connectivity index (χ1v) is 7.15. The minimum Gasteiger partial charge on any atom is -0.354 e. The molecule has 0 radical (unpaired) electrons. The van der Waals surface area contributed by atoms with Crippen molar-refractivity contribution in [2.45, 2.75) is 25.3 Å². The quantitative estimate of drug-likeness (QED) is 0.913. The Balaban J connectivity index is 1.75. The first-order chi connectivity index (χ1) is 9.31. The lowest BCUT2D eigenvalue weighted by atomic mass is 10.1. The number of anilines is 1. The minimum absolute atomic E-state index is 0.525. The number of hydrogen-bond acceptors (Lipinski definition) is 3. The monoisotopic (exact) mass is 274 g/mol. The van der Waals surface area contributed by atoms with Crippen LogP contribution in [0.25, 0.3) is 11.4 Å². The second-order valence-corrected chi connectivity index (χ2v) is 5.77. The molecule has 5 heteroatoms. The number of benzene rings is 1. The van der Waals surface area contributed by atoms with Crippen LogP contribution in [-0.4, -0.2) is 21.3 Å². The lowest BCUT2D eigenvalue weighted by molar-refractivity contribution is 0.375. The molecule has 1 atom stereocenters. The zero-order valence-corrected chi connectivity index (χ0v) is 11.3. The van der Waals surface area contributed by atoms with Crippen molar-refractivity contribution in [1.29, 1.82) is 0 Å². The second kappa shape index (κ2) is 4.23. The molecule has 0 saturated heterocycles. The molecular weight excluding hydrogens is 260 g/mol. The van der Waals surface area contributed by atoms with Crippen LogP contribution in [0.5, 0.6) is 0 Å². The second-order valence-electron chi connectivity index (χ2n) is 5.33. The van der Waals surface area contributed by atoms with Gasteiger partial charge in [-0.15, -0.1) is 5.10 Å². The Morgan fingerprint density at radius 3 is 2.95 bits per heavy atom. The average molecular weight is 275 g/mol. The molecule has 1 aliphatic heterocycles. The molecule has 0 spiro atoms. The summed E-state index contributed by atoms with van der Waals surface area (Å²) in [7, 11) is 0. The molecule has 4 rings (SSSR count). The smallest absolute Gasteiger partial charge is 0.221 e. The van der Waals surface area contributed by atoms with Crippen LogP contribution >= 0.6 is 11.6 Å². The third-order valence-electron chi connectivity index (χ3n) is 3.92. The lowest BCUT2D eigenvalue weighted by Gasteiger charge is -2.23. The van der Waals surface area contributed by atoms with Crippen LogP contribution in [0.4, 0.5) is 5.95 Å². The molecule has 1 aromatic heterocycles. The fourth-order valence-electron chi connectivity index (χ4n) is 2.80. The molecule has 1 N–H and O–H groups in total. The van der Waals surface area contributed by atoms with E-state index in [0.29, 0.717) is 6.04 Å². The third-order valence-corrected chi connectivity index (χ3v) is 4.15. The first-order valence-electron chi connectivity index (χ1n) is 6.77. The Morgan fingerprint density at radius 2 is 2.16 bits per heavy atom. The molecule has 2 heterocycles. The van der Waals surface area contributed by atoms with Crippen molar-refractivity contribution in [1.82, 2.24) is 14.8 Å². The summed E-state index contributed by atoms with van der Waals surface area (Å²) in [5, 5.41) is 8.75. The largest absolute Gasteiger partial charge is 0.354 e. The number of rotatable bonds is 2. The minimum atomic E-state index is 0.525. The number of nitrogens with zero attached hydrogens (tertiary/aromatic N) is 3. The van der Waals surface area contributed by atoms with E-state index < -0.39 is 0 Å². The Labute approximate surface area is 116 Å². The zero-order valence-electron chi connectivity index (χ0n) is 10.5. The standard InChI is InChI=1S/C14H15ClN4/c15-11-3-1-2-10(8-11)13-17-14-16-7-6-12(9-4-5-9)19(14)18-13/h1-3,8-9,12H,4-7H2,(H,16,17,18). The maximum Gasteiger partial charge on any atom is 0.221 e. The highest BCUT2D eigenvalue weighted by Gasteiger charge is 2.36. The predicted octanol–water partition coefficient (Wildman–Crippen LogP) is 3.37. The van der Waals surface area contributed by atoms with Gasteiger partial charge in [0.05, 0.1) is 6.04 Å². The highest BCUT2D eigenvalue weighted by molar-refractivity contribution is 6.30. The molecule has 1 aromatic carbocycles. The number of aromatic nitrogens is 3. The van der Waals surface area contributed by atoms with Crippen molar-refractivity contribution in [3.8, 4) is 11.4 Å². The fraction of sp³-hybridized carbons (Fsp3) is 0.429. The first kappa shape index (κ1) is 11.3. The van der Waals surface area contributed by atoms with Gasteiger partial charge in [-0.25, -0.2) is 4.68 Å². The van der Waals surface area contributed by atoms with Crippen molar-refractivity contribution >= 4 is 17.5 Å². The Morgan fingerprint density at radius 1 is 1.26 bits per heavy atom. The van der Waals surface area contributed by atoms with Crippen molar-refractivity contribution in [2.24, 2.45) is 5.92 Å². The van der Waals surface area contributed by atoms with E-state index >= 15 is 0 Å². The number of hydrogen-bond donors (Lipinski definition) is 1. The van der Waals surface area contributed by atoms with Crippen LogP contribution < -0.4 is 5.32 Å². The molecule has 2 aliphatic rings. The van der Waals surface area contributed by atoms with Gasteiger partial charge in [0, 0.05) is 17.1 Å². The van der Waals surface area contributed by atoms with Crippen LogP contribution in [0.3, 0.4) is 0 Å². The zero-order chi connectivity index (χ0) is 12.8. The number of fused-ring (bicyclic) bond motifs is 1. The molecule has 0 bridgehead atoms. The van der Waals surface area contributed by atoms with Gasteiger partial charge >= 0.3 is 0 Å². The highest BCUT2D eigenvalue weighted by atomic mass is 35.5. The summed E-state index contributed by atoms with van der Waals surface area (Å²) in [6.07, 6.45) is 3.81. The number of halogens is 1. The molecule has 2 aromatic rings. The predicted molar refractivity (Wildman–Crippen MR) is 75.3 cm³/mol. The molecule has 0 amide bonds. The van der Waals surface area contributed by atoms with E-state index in [1.54, 1.807) is 0 Å². The lowest BCUT2D eigenvalue weighted by Crippen LogP contribution is -2.25. The van der Waals surface area contributed by atoms with Gasteiger partial charge in [-0.05, 0) is 37.3 Å². The molecular formula is C14H15ClN4. The summed E-state index contributed by atoms with van der Waals surface area (Å²) in [5.41, 5.74) is 0.978. The Kier molecular flexibility index (Phi) is 2.52. The van der Waals surface area contributed by atoms with Gasteiger partial charge < -0.3 is 5.32 Å².